The maximum Gasteiger partial charge on any atom is 0.325 e. The molecule has 5 heteroatoms. The first-order valence-corrected chi connectivity index (χ1v) is 2.65. The lowest BCUT2D eigenvalue weighted by Crippen LogP contribution is -2.59. The topological polar surface area (TPSA) is 0 Å². The lowest BCUT2D eigenvalue weighted by Gasteiger charge is -2.40. The molecule has 9 heavy (non-hydrogen) atoms. The van der Waals surface area contributed by atoms with E-state index in [9.17, 15) is 17.6 Å². The molecular formula is C4H3ClF4. The van der Waals surface area contributed by atoms with Gasteiger partial charge in [-0.3, -0.25) is 0 Å². The lowest BCUT2D eigenvalue weighted by molar-refractivity contribution is -0.220. The second kappa shape index (κ2) is 1.54. The van der Waals surface area contributed by atoms with E-state index in [2.05, 4.69) is 11.6 Å². The Morgan fingerprint density at radius 1 is 1.33 bits per heavy atom. The van der Waals surface area contributed by atoms with Crippen LogP contribution in [0.15, 0.2) is 0 Å². The molecule has 0 radical (unpaired) electrons. The average molecular weight is 163 g/mol. The van der Waals surface area contributed by atoms with Crippen molar-refractivity contribution in [3.63, 3.8) is 0 Å². The Morgan fingerprint density at radius 2 is 1.78 bits per heavy atom. The fourth-order valence-corrected chi connectivity index (χ4v) is 0.841. The van der Waals surface area contributed by atoms with Gasteiger partial charge in [0.05, 0.1) is 0 Å². The van der Waals surface area contributed by atoms with Gasteiger partial charge >= 0.3 is 5.92 Å². The normalized spacial score (nSPS) is 48.3. The smallest absolute Gasteiger partial charge is 0.240 e. The number of hydrogen-bond donors (Lipinski definition) is 0. The molecule has 1 saturated carbocycles. The van der Waals surface area contributed by atoms with Crippen molar-refractivity contribution in [2.45, 2.75) is 23.6 Å². The molecule has 0 nitrogen and oxygen atoms in total. The molecule has 2 unspecified atom stereocenters. The molecule has 0 saturated heterocycles. The Hall–Kier alpha value is 0.01000. The maximum atomic E-state index is 12.0. The van der Waals surface area contributed by atoms with Gasteiger partial charge in [0.2, 0.25) is 0 Å². The van der Waals surface area contributed by atoms with Crippen LogP contribution >= 0.6 is 11.6 Å². The molecule has 0 bridgehead atoms. The summed E-state index contributed by atoms with van der Waals surface area (Å²) in [6.45, 7) is 0. The molecule has 1 rings (SSSR count). The number of halogens is 5. The van der Waals surface area contributed by atoms with Crippen molar-refractivity contribution < 1.29 is 17.6 Å². The third-order valence-electron chi connectivity index (χ3n) is 1.32. The van der Waals surface area contributed by atoms with Gasteiger partial charge in [-0.15, -0.1) is 0 Å². The van der Waals surface area contributed by atoms with Crippen LogP contribution in [0.1, 0.15) is 6.42 Å². The van der Waals surface area contributed by atoms with Crippen molar-refractivity contribution in [2.75, 3.05) is 0 Å². The molecule has 2 atom stereocenters. The van der Waals surface area contributed by atoms with Gasteiger partial charge in [0.25, 0.3) is 5.13 Å². The van der Waals surface area contributed by atoms with Crippen molar-refractivity contribution in [3.05, 3.63) is 0 Å². The summed E-state index contributed by atoms with van der Waals surface area (Å²) in [6, 6.07) is 0. The molecule has 1 aliphatic carbocycles. The Morgan fingerprint density at radius 3 is 1.78 bits per heavy atom. The van der Waals surface area contributed by atoms with Gasteiger partial charge in [-0.05, 0) is 0 Å². The van der Waals surface area contributed by atoms with E-state index in [1.165, 1.54) is 0 Å². The van der Waals surface area contributed by atoms with Crippen molar-refractivity contribution >= 4 is 11.6 Å². The molecule has 0 aromatic rings. The average Bonchev–Trinajstić information content (AvgIpc) is 1.65. The van der Waals surface area contributed by atoms with Crippen LogP contribution in [0.25, 0.3) is 0 Å². The minimum Gasteiger partial charge on any atom is -0.240 e. The number of hydrogen-bond acceptors (Lipinski definition) is 0. The predicted octanol–water partition coefficient (Wildman–Crippen LogP) is 2.27. The van der Waals surface area contributed by atoms with Crippen LogP contribution in [0.3, 0.4) is 0 Å². The van der Waals surface area contributed by atoms with E-state index in [1.807, 2.05) is 0 Å². The molecule has 0 amide bonds. The van der Waals surface area contributed by atoms with Gasteiger partial charge in [0, 0.05) is 6.42 Å². The minimum atomic E-state index is -3.99. The third kappa shape index (κ3) is 0.723. The highest BCUT2D eigenvalue weighted by Crippen LogP contribution is 2.54. The molecule has 0 aromatic heterocycles. The van der Waals surface area contributed by atoms with E-state index < -0.39 is 23.6 Å². The zero-order valence-corrected chi connectivity index (χ0v) is 4.93. The van der Waals surface area contributed by atoms with E-state index >= 15 is 0 Å². The number of alkyl halides is 5. The first-order valence-electron chi connectivity index (χ1n) is 2.27. The monoisotopic (exact) mass is 162 g/mol. The molecule has 1 fully saturated rings. The Bertz CT molecular complexity index is 133. The quantitative estimate of drug-likeness (QED) is 0.379. The second-order valence-electron chi connectivity index (χ2n) is 2.00. The van der Waals surface area contributed by atoms with Crippen LogP contribution in [0.2, 0.25) is 0 Å². The first kappa shape index (κ1) is 7.12. The van der Waals surface area contributed by atoms with Gasteiger partial charge in [-0.1, -0.05) is 11.6 Å². The molecule has 0 N–H and O–H groups in total. The molecule has 0 spiro atoms. The van der Waals surface area contributed by atoms with Crippen LogP contribution in [-0.4, -0.2) is 17.2 Å². The van der Waals surface area contributed by atoms with Crippen LogP contribution in [0.4, 0.5) is 17.6 Å². The standard InChI is InChI=1S/C4H3ClF4/c5-3(7)1-2(6)4(3,8)9/h2H,1H2. The zero-order valence-electron chi connectivity index (χ0n) is 4.17. The second-order valence-corrected chi connectivity index (χ2v) is 2.60. The first-order chi connectivity index (χ1) is 3.88. The van der Waals surface area contributed by atoms with Gasteiger partial charge in [0.15, 0.2) is 6.17 Å². The van der Waals surface area contributed by atoms with E-state index in [4.69, 9.17) is 0 Å². The summed E-state index contributed by atoms with van der Waals surface area (Å²) in [7, 11) is 0. The van der Waals surface area contributed by atoms with Crippen LogP contribution in [0.5, 0.6) is 0 Å². The van der Waals surface area contributed by atoms with Crippen molar-refractivity contribution in [3.8, 4) is 0 Å². The van der Waals surface area contributed by atoms with Crippen molar-refractivity contribution in [2.24, 2.45) is 0 Å². The highest BCUT2D eigenvalue weighted by Gasteiger charge is 2.70. The van der Waals surface area contributed by atoms with Crippen LogP contribution < -0.4 is 0 Å². The summed E-state index contributed by atoms with van der Waals surface area (Å²) in [4.78, 5) is 0. The SMILES string of the molecule is FC1CC(F)(Cl)C1(F)F. The fraction of sp³-hybridized carbons (Fsp3) is 1.00. The molecule has 0 aliphatic heterocycles. The molecule has 0 heterocycles. The summed E-state index contributed by atoms with van der Waals surface area (Å²) in [5.41, 5.74) is 0. The van der Waals surface area contributed by atoms with E-state index in [1.54, 1.807) is 0 Å². The van der Waals surface area contributed by atoms with Crippen molar-refractivity contribution in [1.82, 2.24) is 0 Å². The maximum absolute atomic E-state index is 12.0. The Kier molecular flexibility index (Phi) is 1.22. The summed E-state index contributed by atoms with van der Waals surface area (Å²) < 4.78 is 47.4. The fourth-order valence-electron chi connectivity index (χ4n) is 0.587. The molecular weight excluding hydrogens is 159 g/mol. The van der Waals surface area contributed by atoms with E-state index in [0.29, 0.717) is 0 Å². The highest BCUT2D eigenvalue weighted by atomic mass is 35.5. The van der Waals surface area contributed by atoms with Gasteiger partial charge in [0.1, 0.15) is 0 Å². The van der Waals surface area contributed by atoms with Crippen molar-refractivity contribution in [1.29, 1.82) is 0 Å². The zero-order chi connectivity index (χ0) is 7.28. The van der Waals surface area contributed by atoms with Gasteiger partial charge in [-0.25, -0.2) is 8.78 Å². The lowest BCUT2D eigenvalue weighted by atomic mass is 9.89. The molecule has 54 valence electrons. The van der Waals surface area contributed by atoms with Gasteiger partial charge < -0.3 is 0 Å². The Labute approximate surface area is 53.8 Å². The van der Waals surface area contributed by atoms with E-state index in [-0.39, 0.29) is 0 Å². The molecule has 1 aliphatic rings. The highest BCUT2D eigenvalue weighted by molar-refractivity contribution is 6.24. The summed E-state index contributed by atoms with van der Waals surface area (Å²) >= 11 is 4.53. The van der Waals surface area contributed by atoms with Gasteiger partial charge in [-0.2, -0.15) is 8.78 Å². The number of rotatable bonds is 0. The summed E-state index contributed by atoms with van der Waals surface area (Å²) in [5.74, 6) is -3.99. The largest absolute Gasteiger partial charge is 0.325 e. The van der Waals surface area contributed by atoms with Crippen LogP contribution in [0, 0.1) is 0 Å². The van der Waals surface area contributed by atoms with Crippen LogP contribution in [-0.2, 0) is 0 Å². The molecule has 0 aromatic carbocycles. The third-order valence-corrected chi connectivity index (χ3v) is 1.72. The van der Waals surface area contributed by atoms with E-state index in [0.717, 1.165) is 0 Å². The summed E-state index contributed by atoms with van der Waals surface area (Å²) in [5, 5.41) is -3.15. The summed E-state index contributed by atoms with van der Waals surface area (Å²) in [6.07, 6.45) is -3.33. The Balaban J connectivity index is 2.70. The predicted molar refractivity (Wildman–Crippen MR) is 24.2 cm³/mol. The minimum absolute atomic E-state index is 0.915.